The molecule has 0 radical (unpaired) electrons. The Hall–Kier alpha value is -2.99. The van der Waals surface area contributed by atoms with Gasteiger partial charge in [-0.05, 0) is 6.42 Å². The molecule has 3 rings (SSSR count). The molecule has 1 saturated heterocycles. The highest BCUT2D eigenvalue weighted by Gasteiger charge is 2.29. The van der Waals surface area contributed by atoms with Crippen molar-refractivity contribution in [3.63, 3.8) is 0 Å². The Kier molecular flexibility index (Phi) is 4.39. The van der Waals surface area contributed by atoms with Gasteiger partial charge in [-0.15, -0.1) is 0 Å². The molecule has 2 aromatic rings. The quantitative estimate of drug-likeness (QED) is 0.873. The van der Waals surface area contributed by atoms with E-state index in [4.69, 9.17) is 10.5 Å². The molecule has 3 N–H and O–H groups in total. The molecule has 124 valence electrons. The summed E-state index contributed by atoms with van der Waals surface area (Å²) in [4.78, 5) is 15.4. The summed E-state index contributed by atoms with van der Waals surface area (Å²) in [5, 5.41) is 16.4. The summed E-state index contributed by atoms with van der Waals surface area (Å²) in [7, 11) is 0. The average molecular weight is 330 g/mol. The highest BCUT2D eigenvalue weighted by atomic mass is 19.1. The van der Waals surface area contributed by atoms with Gasteiger partial charge in [0.1, 0.15) is 11.4 Å². The number of anilines is 2. The second kappa shape index (κ2) is 6.64. The third-order valence-corrected chi connectivity index (χ3v) is 3.80. The van der Waals surface area contributed by atoms with Crippen molar-refractivity contribution in [3.05, 3.63) is 36.0 Å². The number of rotatable bonds is 4. The smallest absolute Gasteiger partial charge is 0.254 e. The number of hydrogen-bond donors (Lipinski definition) is 2. The molecule has 0 unspecified atom stereocenters. The molecule has 9 heteroatoms. The largest absolute Gasteiger partial charge is 0.379 e. The van der Waals surface area contributed by atoms with E-state index in [1.54, 1.807) is 0 Å². The lowest BCUT2D eigenvalue weighted by Gasteiger charge is -2.26. The molecule has 0 aliphatic carbocycles. The van der Waals surface area contributed by atoms with Crippen LogP contribution in [0.1, 0.15) is 22.8 Å². The van der Waals surface area contributed by atoms with E-state index in [0.29, 0.717) is 25.3 Å². The second-order valence-electron chi connectivity index (χ2n) is 5.42. The minimum absolute atomic E-state index is 0.140. The zero-order chi connectivity index (χ0) is 17.1. The fraction of sp³-hybridized carbons (Fsp3) is 0.333. The van der Waals surface area contributed by atoms with E-state index in [9.17, 15) is 14.4 Å². The van der Waals surface area contributed by atoms with E-state index in [-0.39, 0.29) is 23.3 Å². The summed E-state index contributed by atoms with van der Waals surface area (Å²) in [5.41, 5.74) is 5.86. The van der Waals surface area contributed by atoms with E-state index >= 15 is 0 Å². The van der Waals surface area contributed by atoms with Gasteiger partial charge in [-0.3, -0.25) is 14.5 Å². The molecule has 8 nitrogen and oxygen atoms in total. The summed E-state index contributed by atoms with van der Waals surface area (Å²) in [5.74, 6) is -1.30. The zero-order valence-corrected chi connectivity index (χ0v) is 12.6. The van der Waals surface area contributed by atoms with Gasteiger partial charge in [-0.25, -0.2) is 4.39 Å². The molecular formula is C15H15FN6O2. The number of nitrogens with zero attached hydrogens (tertiary/aromatic N) is 4. The molecule has 1 aliphatic rings. The van der Waals surface area contributed by atoms with Gasteiger partial charge in [0.15, 0.2) is 5.82 Å². The van der Waals surface area contributed by atoms with Crippen LogP contribution in [0.3, 0.4) is 0 Å². The second-order valence-corrected chi connectivity index (χ2v) is 5.42. The maximum Gasteiger partial charge on any atom is 0.254 e. The van der Waals surface area contributed by atoms with E-state index < -0.39 is 11.7 Å². The molecule has 1 amide bonds. The summed E-state index contributed by atoms with van der Waals surface area (Å²) >= 11 is 0. The van der Waals surface area contributed by atoms with Gasteiger partial charge in [0.05, 0.1) is 42.7 Å². The molecule has 3 heterocycles. The Morgan fingerprint density at radius 1 is 1.54 bits per heavy atom. The normalized spacial score (nSPS) is 20.3. The van der Waals surface area contributed by atoms with Crippen LogP contribution in [-0.2, 0) is 4.74 Å². The van der Waals surface area contributed by atoms with Crippen LogP contribution in [0.2, 0.25) is 0 Å². The minimum Gasteiger partial charge on any atom is -0.379 e. The van der Waals surface area contributed by atoms with Crippen LogP contribution in [0.25, 0.3) is 0 Å². The molecule has 2 aromatic heterocycles. The van der Waals surface area contributed by atoms with Crippen molar-refractivity contribution in [1.29, 1.82) is 5.26 Å². The standard InChI is InChI=1S/C15H15FN6O2/c16-10-3-11(6-19-5-10)20-15-12(14(18)23)7-22(21-15)13-8-24-2-1-9(13)4-17/h3,5-7,9,13H,1-2,8H2,(H2,18,23)(H,20,21)/t9-,13+/m0/s1. The predicted octanol–water partition coefficient (Wildman–Crippen LogP) is 1.36. The number of nitriles is 1. The Balaban J connectivity index is 1.93. The Bertz CT molecular complexity index is 800. The van der Waals surface area contributed by atoms with Crippen LogP contribution in [0.15, 0.2) is 24.7 Å². The first kappa shape index (κ1) is 15.9. The number of halogens is 1. The number of primary amides is 1. The van der Waals surface area contributed by atoms with Crippen molar-refractivity contribution >= 4 is 17.4 Å². The number of amides is 1. The molecule has 2 atom stereocenters. The fourth-order valence-electron chi connectivity index (χ4n) is 2.59. The minimum atomic E-state index is -0.682. The van der Waals surface area contributed by atoms with Gasteiger partial charge in [0, 0.05) is 18.9 Å². The molecule has 1 fully saturated rings. The summed E-state index contributed by atoms with van der Waals surface area (Å²) in [6, 6.07) is 3.13. The maximum atomic E-state index is 13.2. The highest BCUT2D eigenvalue weighted by Crippen LogP contribution is 2.28. The molecule has 1 aliphatic heterocycles. The highest BCUT2D eigenvalue weighted by molar-refractivity contribution is 5.98. The van der Waals surface area contributed by atoms with Gasteiger partial charge < -0.3 is 15.8 Å². The first-order valence-corrected chi connectivity index (χ1v) is 7.32. The predicted molar refractivity (Wildman–Crippen MR) is 81.8 cm³/mol. The SMILES string of the molecule is N#C[C@@H]1CCOC[C@H]1n1cc(C(N)=O)c(Nc2cncc(F)c2)n1. The van der Waals surface area contributed by atoms with Gasteiger partial charge in [-0.1, -0.05) is 0 Å². The number of nitrogens with one attached hydrogen (secondary N) is 1. The molecule has 0 spiro atoms. The number of carbonyl (C=O) groups is 1. The fourth-order valence-corrected chi connectivity index (χ4v) is 2.59. The number of carbonyl (C=O) groups excluding carboxylic acids is 1. The van der Waals surface area contributed by atoms with Crippen molar-refractivity contribution < 1.29 is 13.9 Å². The van der Waals surface area contributed by atoms with Crippen LogP contribution in [0.4, 0.5) is 15.9 Å². The summed E-state index contributed by atoms with van der Waals surface area (Å²) < 4.78 is 20.2. The van der Waals surface area contributed by atoms with Crippen LogP contribution >= 0.6 is 0 Å². The lowest BCUT2D eigenvalue weighted by Crippen LogP contribution is -2.29. The Labute approximate surface area is 137 Å². The van der Waals surface area contributed by atoms with Crippen molar-refractivity contribution in [2.75, 3.05) is 18.5 Å². The van der Waals surface area contributed by atoms with Gasteiger partial charge in [0.25, 0.3) is 5.91 Å². The Morgan fingerprint density at radius 3 is 3.08 bits per heavy atom. The topological polar surface area (TPSA) is 119 Å². The third kappa shape index (κ3) is 3.18. The lowest BCUT2D eigenvalue weighted by molar-refractivity contribution is 0.0342. The number of hydrogen-bond acceptors (Lipinski definition) is 6. The third-order valence-electron chi connectivity index (χ3n) is 3.80. The van der Waals surface area contributed by atoms with Gasteiger partial charge >= 0.3 is 0 Å². The van der Waals surface area contributed by atoms with Crippen molar-refractivity contribution in [2.24, 2.45) is 11.7 Å². The number of pyridine rings is 1. The molecule has 0 bridgehead atoms. The van der Waals surface area contributed by atoms with Crippen molar-refractivity contribution in [2.45, 2.75) is 12.5 Å². The van der Waals surface area contributed by atoms with Crippen molar-refractivity contribution in [3.8, 4) is 6.07 Å². The summed E-state index contributed by atoms with van der Waals surface area (Å²) in [6.07, 6.45) is 4.52. The average Bonchev–Trinajstić information content (AvgIpc) is 2.98. The number of aromatic nitrogens is 3. The van der Waals surface area contributed by atoms with Crippen LogP contribution in [0.5, 0.6) is 0 Å². The molecule has 0 aromatic carbocycles. The number of ether oxygens (including phenoxy) is 1. The monoisotopic (exact) mass is 330 g/mol. The van der Waals surface area contributed by atoms with Gasteiger partial charge in [0.2, 0.25) is 0 Å². The summed E-state index contributed by atoms with van der Waals surface area (Å²) in [6.45, 7) is 0.831. The van der Waals surface area contributed by atoms with E-state index in [2.05, 4.69) is 21.5 Å². The zero-order valence-electron chi connectivity index (χ0n) is 12.6. The molecule has 24 heavy (non-hydrogen) atoms. The lowest BCUT2D eigenvalue weighted by atomic mass is 9.97. The van der Waals surface area contributed by atoms with E-state index in [0.717, 1.165) is 6.20 Å². The van der Waals surface area contributed by atoms with Crippen LogP contribution in [-0.4, -0.2) is 33.9 Å². The molecule has 0 saturated carbocycles. The maximum absolute atomic E-state index is 13.2. The number of nitrogens with two attached hydrogens (primary N) is 1. The van der Waals surface area contributed by atoms with Crippen LogP contribution < -0.4 is 11.1 Å². The van der Waals surface area contributed by atoms with Crippen LogP contribution in [0, 0.1) is 23.1 Å². The van der Waals surface area contributed by atoms with E-state index in [1.165, 1.54) is 23.1 Å². The van der Waals surface area contributed by atoms with Gasteiger partial charge in [-0.2, -0.15) is 10.4 Å². The first-order chi connectivity index (χ1) is 11.6. The van der Waals surface area contributed by atoms with Crippen molar-refractivity contribution in [1.82, 2.24) is 14.8 Å². The molecular weight excluding hydrogens is 315 g/mol. The Morgan fingerprint density at radius 2 is 2.38 bits per heavy atom. The first-order valence-electron chi connectivity index (χ1n) is 7.32. The van der Waals surface area contributed by atoms with E-state index in [1.807, 2.05) is 0 Å².